The molecule has 2 heterocycles. The van der Waals surface area contributed by atoms with Gasteiger partial charge in [-0.15, -0.1) is 0 Å². The van der Waals surface area contributed by atoms with Gasteiger partial charge in [-0.1, -0.05) is 38.0 Å². The predicted octanol–water partition coefficient (Wildman–Crippen LogP) is 3.65. The minimum Gasteiger partial charge on any atom is -0.222 e. The summed E-state index contributed by atoms with van der Waals surface area (Å²) in [6.07, 6.45) is 8.55. The second-order valence-corrected chi connectivity index (χ2v) is 6.51. The van der Waals surface area contributed by atoms with E-state index in [4.69, 9.17) is 4.98 Å². The third-order valence-corrected chi connectivity index (χ3v) is 4.40. The number of imidazole rings is 1. The Bertz CT molecular complexity index is 474. The molecule has 3 rings (SSSR count). The van der Waals surface area contributed by atoms with Crippen LogP contribution in [0.1, 0.15) is 56.2 Å². The zero-order chi connectivity index (χ0) is 11.8. The lowest BCUT2D eigenvalue weighted by atomic mass is 10.1. The van der Waals surface area contributed by atoms with E-state index in [0.717, 1.165) is 11.4 Å². The van der Waals surface area contributed by atoms with Crippen molar-refractivity contribution in [3.63, 3.8) is 0 Å². The Balaban J connectivity index is 1.85. The van der Waals surface area contributed by atoms with Gasteiger partial charge in [-0.3, -0.25) is 0 Å². The highest BCUT2D eigenvalue weighted by atomic mass is 32.1. The largest absolute Gasteiger partial charge is 0.222 e. The SMILES string of the molecule is CC(C)Cc1nn2cc(C3CCCC3)nc2s1. The Morgan fingerprint density at radius 3 is 2.82 bits per heavy atom. The van der Waals surface area contributed by atoms with Gasteiger partial charge in [0.15, 0.2) is 0 Å². The maximum absolute atomic E-state index is 4.74. The fraction of sp³-hybridized carbons (Fsp3) is 0.692. The molecule has 2 aromatic heterocycles. The van der Waals surface area contributed by atoms with Gasteiger partial charge in [-0.2, -0.15) is 5.10 Å². The van der Waals surface area contributed by atoms with Crippen molar-refractivity contribution in [3.05, 3.63) is 16.9 Å². The molecule has 0 aromatic carbocycles. The van der Waals surface area contributed by atoms with Gasteiger partial charge in [0.25, 0.3) is 0 Å². The summed E-state index contributed by atoms with van der Waals surface area (Å²) in [5.41, 5.74) is 1.26. The molecule has 1 fully saturated rings. The Morgan fingerprint density at radius 2 is 2.18 bits per heavy atom. The molecular formula is C13H19N3S. The number of rotatable bonds is 3. The van der Waals surface area contributed by atoms with Crippen LogP contribution in [0.15, 0.2) is 6.20 Å². The van der Waals surface area contributed by atoms with Gasteiger partial charge in [-0.25, -0.2) is 9.50 Å². The van der Waals surface area contributed by atoms with Crippen LogP contribution < -0.4 is 0 Å². The van der Waals surface area contributed by atoms with Crippen molar-refractivity contribution < 1.29 is 0 Å². The van der Waals surface area contributed by atoms with E-state index in [1.807, 2.05) is 4.52 Å². The number of hydrogen-bond donors (Lipinski definition) is 0. The zero-order valence-corrected chi connectivity index (χ0v) is 11.3. The maximum atomic E-state index is 4.74. The minimum absolute atomic E-state index is 0.667. The van der Waals surface area contributed by atoms with E-state index >= 15 is 0 Å². The topological polar surface area (TPSA) is 30.2 Å². The molecule has 1 saturated carbocycles. The number of fused-ring (bicyclic) bond motifs is 1. The first-order valence-electron chi connectivity index (χ1n) is 6.57. The quantitative estimate of drug-likeness (QED) is 0.831. The average Bonchev–Trinajstić information content (AvgIpc) is 2.86. The Morgan fingerprint density at radius 1 is 1.41 bits per heavy atom. The van der Waals surface area contributed by atoms with Crippen molar-refractivity contribution >= 4 is 16.3 Å². The summed E-state index contributed by atoms with van der Waals surface area (Å²) in [6, 6.07) is 0. The van der Waals surface area contributed by atoms with Crippen molar-refractivity contribution in [2.75, 3.05) is 0 Å². The molecule has 92 valence electrons. The van der Waals surface area contributed by atoms with E-state index in [0.29, 0.717) is 11.8 Å². The summed E-state index contributed by atoms with van der Waals surface area (Å²) >= 11 is 1.75. The highest BCUT2D eigenvalue weighted by Crippen LogP contribution is 2.34. The molecule has 2 aromatic rings. The van der Waals surface area contributed by atoms with E-state index in [1.165, 1.54) is 36.4 Å². The third-order valence-electron chi connectivity index (χ3n) is 3.46. The summed E-state index contributed by atoms with van der Waals surface area (Å²) in [5, 5.41) is 5.83. The normalized spacial score (nSPS) is 17.6. The van der Waals surface area contributed by atoms with Gasteiger partial charge in [0.05, 0.1) is 11.9 Å². The predicted molar refractivity (Wildman–Crippen MR) is 70.6 cm³/mol. The van der Waals surface area contributed by atoms with Crippen molar-refractivity contribution in [2.24, 2.45) is 5.92 Å². The van der Waals surface area contributed by atoms with Crippen LogP contribution in [0.3, 0.4) is 0 Å². The van der Waals surface area contributed by atoms with Crippen LogP contribution in [-0.4, -0.2) is 14.6 Å². The highest BCUT2D eigenvalue weighted by Gasteiger charge is 2.20. The molecule has 0 aliphatic heterocycles. The van der Waals surface area contributed by atoms with Crippen LogP contribution in [0.4, 0.5) is 0 Å². The van der Waals surface area contributed by atoms with E-state index in [2.05, 4.69) is 25.1 Å². The van der Waals surface area contributed by atoms with Gasteiger partial charge in [0, 0.05) is 12.3 Å². The van der Waals surface area contributed by atoms with Gasteiger partial charge in [0.1, 0.15) is 5.01 Å². The lowest BCUT2D eigenvalue weighted by molar-refractivity contribution is 0.636. The van der Waals surface area contributed by atoms with Crippen LogP contribution in [-0.2, 0) is 6.42 Å². The second kappa shape index (κ2) is 4.41. The van der Waals surface area contributed by atoms with E-state index < -0.39 is 0 Å². The maximum Gasteiger partial charge on any atom is 0.212 e. The Labute approximate surface area is 106 Å². The van der Waals surface area contributed by atoms with Crippen molar-refractivity contribution in [2.45, 2.75) is 51.9 Å². The molecule has 3 nitrogen and oxygen atoms in total. The lowest BCUT2D eigenvalue weighted by Crippen LogP contribution is -1.95. The first-order chi connectivity index (χ1) is 8.22. The molecule has 4 heteroatoms. The minimum atomic E-state index is 0.667. The average molecular weight is 249 g/mol. The summed E-state index contributed by atoms with van der Waals surface area (Å²) in [5.74, 6) is 1.36. The molecular weight excluding hydrogens is 230 g/mol. The van der Waals surface area contributed by atoms with Crippen molar-refractivity contribution in [1.82, 2.24) is 14.6 Å². The molecule has 0 spiro atoms. The molecule has 0 atom stereocenters. The fourth-order valence-corrected chi connectivity index (χ4v) is 3.70. The van der Waals surface area contributed by atoms with Gasteiger partial charge in [-0.05, 0) is 18.8 Å². The second-order valence-electron chi connectivity index (χ2n) is 5.47. The van der Waals surface area contributed by atoms with Crippen molar-refractivity contribution in [1.29, 1.82) is 0 Å². The van der Waals surface area contributed by atoms with E-state index in [-0.39, 0.29) is 0 Å². The number of hydrogen-bond acceptors (Lipinski definition) is 3. The number of aromatic nitrogens is 3. The molecule has 0 N–H and O–H groups in total. The highest BCUT2D eigenvalue weighted by molar-refractivity contribution is 7.16. The van der Waals surface area contributed by atoms with Crippen LogP contribution >= 0.6 is 11.3 Å². The number of nitrogens with zero attached hydrogens (tertiary/aromatic N) is 3. The van der Waals surface area contributed by atoms with Gasteiger partial charge < -0.3 is 0 Å². The smallest absolute Gasteiger partial charge is 0.212 e. The van der Waals surface area contributed by atoms with Gasteiger partial charge >= 0.3 is 0 Å². The molecule has 1 aliphatic rings. The fourth-order valence-electron chi connectivity index (χ4n) is 2.61. The standard InChI is InChI=1S/C13H19N3S/c1-9(2)7-12-15-16-8-11(14-13(16)17-12)10-5-3-4-6-10/h8-10H,3-7H2,1-2H3. The first kappa shape index (κ1) is 11.2. The molecule has 0 radical (unpaired) electrons. The third kappa shape index (κ3) is 2.23. The van der Waals surface area contributed by atoms with Crippen LogP contribution in [0, 0.1) is 5.92 Å². The molecule has 17 heavy (non-hydrogen) atoms. The zero-order valence-electron chi connectivity index (χ0n) is 10.5. The molecule has 0 amide bonds. The molecule has 0 unspecified atom stereocenters. The lowest BCUT2D eigenvalue weighted by Gasteiger charge is -2.02. The van der Waals surface area contributed by atoms with E-state index in [9.17, 15) is 0 Å². The summed E-state index contributed by atoms with van der Waals surface area (Å²) in [7, 11) is 0. The monoisotopic (exact) mass is 249 g/mol. The molecule has 0 bridgehead atoms. The molecule has 1 aliphatic carbocycles. The summed E-state index contributed by atoms with van der Waals surface area (Å²) < 4.78 is 1.98. The van der Waals surface area contributed by atoms with Crippen LogP contribution in [0.2, 0.25) is 0 Å². The van der Waals surface area contributed by atoms with Gasteiger partial charge in [0.2, 0.25) is 4.96 Å². The Hall–Kier alpha value is -0.900. The Kier molecular flexibility index (Phi) is 2.90. The van der Waals surface area contributed by atoms with Crippen LogP contribution in [0.5, 0.6) is 0 Å². The van der Waals surface area contributed by atoms with Crippen LogP contribution in [0.25, 0.3) is 4.96 Å². The van der Waals surface area contributed by atoms with E-state index in [1.54, 1.807) is 11.3 Å². The first-order valence-corrected chi connectivity index (χ1v) is 7.39. The summed E-state index contributed by atoms with van der Waals surface area (Å²) in [6.45, 7) is 4.46. The molecule has 0 saturated heterocycles. The van der Waals surface area contributed by atoms with Crippen molar-refractivity contribution in [3.8, 4) is 0 Å². The summed E-state index contributed by atoms with van der Waals surface area (Å²) in [4.78, 5) is 5.81.